The van der Waals surface area contributed by atoms with Gasteiger partial charge in [-0.25, -0.2) is 9.59 Å². The summed E-state index contributed by atoms with van der Waals surface area (Å²) in [6, 6.07) is 26.3. The minimum Gasteiger partial charge on any atom is -0.449 e. The van der Waals surface area contributed by atoms with E-state index in [0.29, 0.717) is 10.8 Å². The zero-order valence-electron chi connectivity index (χ0n) is 21.2. The Labute approximate surface area is 229 Å². The molecule has 40 heavy (non-hydrogen) atoms. The van der Waals surface area contributed by atoms with Crippen molar-refractivity contribution in [3.63, 3.8) is 0 Å². The summed E-state index contributed by atoms with van der Waals surface area (Å²) < 4.78 is 5.63. The number of nitrogens with zero attached hydrogens (tertiary/aromatic N) is 2. The molecule has 2 heterocycles. The standard InChI is InChI=1S/C31H23N3O6/c35-28(40-34-29(36)23-13-5-6-14-24(23)30(34)37)17-27(26-15-7-8-16-32-26)33-31(38)39-18-25-21-11-3-1-9-19(21)20-10-2-4-12-22(20)25/h1-16,25,27H,17-18H2,(H,33,38). The van der Waals surface area contributed by atoms with Crippen LogP contribution in [-0.2, 0) is 14.4 Å². The van der Waals surface area contributed by atoms with Gasteiger partial charge in [0.1, 0.15) is 6.61 Å². The molecule has 0 bridgehead atoms. The molecular weight excluding hydrogens is 510 g/mol. The van der Waals surface area contributed by atoms with Crippen LogP contribution in [0.2, 0.25) is 0 Å². The molecular formula is C31H23N3O6. The predicted molar refractivity (Wildman–Crippen MR) is 143 cm³/mol. The van der Waals surface area contributed by atoms with Crippen molar-refractivity contribution in [2.75, 3.05) is 6.61 Å². The van der Waals surface area contributed by atoms with Gasteiger partial charge in [0, 0.05) is 12.1 Å². The fraction of sp³-hybridized carbons (Fsp3) is 0.129. The molecule has 1 aliphatic heterocycles. The molecule has 198 valence electrons. The van der Waals surface area contributed by atoms with Gasteiger partial charge in [0.05, 0.1) is 29.3 Å². The molecule has 6 rings (SSSR count). The molecule has 1 atom stereocenters. The Morgan fingerprint density at radius 1 is 0.775 bits per heavy atom. The summed E-state index contributed by atoms with van der Waals surface area (Å²) in [5, 5.41) is 3.13. The number of hydroxylamine groups is 2. The second-order valence-electron chi connectivity index (χ2n) is 9.39. The fourth-order valence-corrected chi connectivity index (χ4v) is 5.15. The number of imide groups is 1. The third-order valence-corrected chi connectivity index (χ3v) is 7.00. The Morgan fingerprint density at radius 2 is 1.32 bits per heavy atom. The first-order valence-corrected chi connectivity index (χ1v) is 12.7. The molecule has 0 fully saturated rings. The van der Waals surface area contributed by atoms with Crippen molar-refractivity contribution in [2.24, 2.45) is 0 Å². The number of pyridine rings is 1. The monoisotopic (exact) mass is 533 g/mol. The number of fused-ring (bicyclic) bond motifs is 4. The van der Waals surface area contributed by atoms with Crippen LogP contribution in [0.15, 0.2) is 97.2 Å². The summed E-state index contributed by atoms with van der Waals surface area (Å²) in [4.78, 5) is 60.4. The van der Waals surface area contributed by atoms with E-state index in [2.05, 4.69) is 10.3 Å². The van der Waals surface area contributed by atoms with Crippen LogP contribution >= 0.6 is 0 Å². The maximum Gasteiger partial charge on any atom is 0.407 e. The molecule has 3 amide bonds. The summed E-state index contributed by atoms with van der Waals surface area (Å²) >= 11 is 0. The van der Waals surface area contributed by atoms with E-state index >= 15 is 0 Å². The Morgan fingerprint density at radius 3 is 1.90 bits per heavy atom. The molecule has 9 heteroatoms. The molecule has 2 aliphatic rings. The highest BCUT2D eigenvalue weighted by Crippen LogP contribution is 2.44. The Bertz CT molecular complexity index is 1560. The summed E-state index contributed by atoms with van der Waals surface area (Å²) in [6.45, 7) is 0.0916. The maximum absolute atomic E-state index is 13.0. The SMILES string of the molecule is O=C(CC(NC(=O)OCC1c2ccccc2-c2ccccc21)c1ccccn1)ON1C(=O)c2ccccc2C1=O. The number of amides is 3. The Kier molecular flexibility index (Phi) is 6.53. The number of ether oxygens (including phenoxy) is 1. The van der Waals surface area contributed by atoms with Crippen LogP contribution in [0, 0.1) is 0 Å². The van der Waals surface area contributed by atoms with E-state index in [9.17, 15) is 19.2 Å². The topological polar surface area (TPSA) is 115 Å². The van der Waals surface area contributed by atoms with E-state index in [1.54, 1.807) is 30.3 Å². The van der Waals surface area contributed by atoms with Crippen LogP contribution in [0.1, 0.15) is 55.9 Å². The van der Waals surface area contributed by atoms with Crippen LogP contribution in [0.3, 0.4) is 0 Å². The van der Waals surface area contributed by atoms with Crippen molar-refractivity contribution in [3.05, 3.63) is 125 Å². The van der Waals surface area contributed by atoms with Crippen molar-refractivity contribution in [1.82, 2.24) is 15.4 Å². The normalized spacial score (nSPS) is 14.2. The van der Waals surface area contributed by atoms with Crippen LogP contribution in [0.25, 0.3) is 11.1 Å². The molecule has 3 aromatic carbocycles. The number of hydrogen-bond donors (Lipinski definition) is 1. The van der Waals surface area contributed by atoms with Crippen molar-refractivity contribution in [3.8, 4) is 11.1 Å². The van der Waals surface area contributed by atoms with E-state index in [0.717, 1.165) is 22.3 Å². The van der Waals surface area contributed by atoms with Gasteiger partial charge in [-0.05, 0) is 46.5 Å². The van der Waals surface area contributed by atoms with E-state index in [4.69, 9.17) is 9.57 Å². The van der Waals surface area contributed by atoms with E-state index in [-0.39, 0.29) is 23.7 Å². The maximum atomic E-state index is 13.0. The number of nitrogens with one attached hydrogen (secondary N) is 1. The van der Waals surface area contributed by atoms with E-state index in [1.807, 2.05) is 48.5 Å². The number of hydrogen-bond acceptors (Lipinski definition) is 7. The smallest absolute Gasteiger partial charge is 0.407 e. The average molecular weight is 534 g/mol. The molecule has 0 radical (unpaired) electrons. The molecule has 0 saturated heterocycles. The first-order valence-electron chi connectivity index (χ1n) is 12.7. The van der Waals surface area contributed by atoms with Gasteiger partial charge in [-0.15, -0.1) is 0 Å². The number of rotatable bonds is 7. The highest BCUT2D eigenvalue weighted by Gasteiger charge is 2.39. The summed E-state index contributed by atoms with van der Waals surface area (Å²) in [6.07, 6.45) is 0.386. The average Bonchev–Trinajstić information content (AvgIpc) is 3.43. The van der Waals surface area contributed by atoms with Gasteiger partial charge in [0.15, 0.2) is 0 Å². The zero-order valence-corrected chi connectivity index (χ0v) is 21.2. The number of aromatic nitrogens is 1. The molecule has 0 spiro atoms. The number of alkyl carbamates (subject to hydrolysis) is 1. The minimum absolute atomic E-state index is 0.0916. The lowest BCUT2D eigenvalue weighted by atomic mass is 9.98. The highest BCUT2D eigenvalue weighted by molar-refractivity contribution is 6.20. The van der Waals surface area contributed by atoms with E-state index in [1.165, 1.54) is 18.3 Å². The molecule has 1 unspecified atom stereocenters. The second kappa shape index (κ2) is 10.5. The summed E-state index contributed by atoms with van der Waals surface area (Å²) in [5.41, 5.74) is 5.04. The predicted octanol–water partition coefficient (Wildman–Crippen LogP) is 4.81. The van der Waals surface area contributed by atoms with Gasteiger partial charge in [0.2, 0.25) is 0 Å². The Balaban J connectivity index is 1.14. The van der Waals surface area contributed by atoms with Crippen LogP contribution in [0.5, 0.6) is 0 Å². The summed E-state index contributed by atoms with van der Waals surface area (Å²) in [5.74, 6) is -2.49. The van der Waals surface area contributed by atoms with Gasteiger partial charge in [0.25, 0.3) is 11.8 Å². The van der Waals surface area contributed by atoms with Gasteiger partial charge in [-0.3, -0.25) is 14.6 Å². The second-order valence-corrected chi connectivity index (χ2v) is 9.39. The third-order valence-electron chi connectivity index (χ3n) is 7.00. The molecule has 1 N–H and O–H groups in total. The van der Waals surface area contributed by atoms with Crippen molar-refractivity contribution < 1.29 is 28.8 Å². The number of benzene rings is 3. The molecule has 1 aromatic heterocycles. The molecule has 4 aromatic rings. The molecule has 0 saturated carbocycles. The Hall–Kier alpha value is -5.31. The van der Waals surface area contributed by atoms with Gasteiger partial charge in [-0.2, -0.15) is 0 Å². The first-order chi connectivity index (χ1) is 19.5. The van der Waals surface area contributed by atoms with Gasteiger partial charge in [-0.1, -0.05) is 71.8 Å². The lowest BCUT2D eigenvalue weighted by Crippen LogP contribution is -2.36. The minimum atomic E-state index is -0.931. The molecule has 1 aliphatic carbocycles. The van der Waals surface area contributed by atoms with E-state index < -0.39 is 36.3 Å². The highest BCUT2D eigenvalue weighted by atomic mass is 16.7. The van der Waals surface area contributed by atoms with Gasteiger partial charge >= 0.3 is 12.1 Å². The number of carbonyl (C=O) groups excluding carboxylic acids is 4. The lowest BCUT2D eigenvalue weighted by Gasteiger charge is -2.20. The van der Waals surface area contributed by atoms with Crippen molar-refractivity contribution in [1.29, 1.82) is 0 Å². The quantitative estimate of drug-likeness (QED) is 0.339. The van der Waals surface area contributed by atoms with Crippen molar-refractivity contribution >= 4 is 23.9 Å². The largest absolute Gasteiger partial charge is 0.449 e. The van der Waals surface area contributed by atoms with Crippen LogP contribution in [-0.4, -0.2) is 40.5 Å². The summed E-state index contributed by atoms with van der Waals surface area (Å²) in [7, 11) is 0. The molecule has 9 nitrogen and oxygen atoms in total. The zero-order chi connectivity index (χ0) is 27.6. The third kappa shape index (κ3) is 4.58. The fourth-order valence-electron chi connectivity index (χ4n) is 5.15. The van der Waals surface area contributed by atoms with Crippen molar-refractivity contribution in [2.45, 2.75) is 18.4 Å². The van der Waals surface area contributed by atoms with Gasteiger partial charge < -0.3 is 14.9 Å². The van der Waals surface area contributed by atoms with Crippen LogP contribution < -0.4 is 5.32 Å². The van der Waals surface area contributed by atoms with Crippen LogP contribution in [0.4, 0.5) is 4.79 Å². The number of carbonyl (C=O) groups is 4. The first kappa shape index (κ1) is 25.0. The lowest BCUT2D eigenvalue weighted by molar-refractivity contribution is -0.169.